The van der Waals surface area contributed by atoms with E-state index in [9.17, 15) is 9.59 Å². The molecule has 1 saturated heterocycles. The third-order valence-corrected chi connectivity index (χ3v) is 6.62. The van der Waals surface area contributed by atoms with E-state index in [0.29, 0.717) is 43.4 Å². The van der Waals surface area contributed by atoms with E-state index in [2.05, 4.69) is 31.1 Å². The summed E-state index contributed by atoms with van der Waals surface area (Å²) in [6.45, 7) is 7.22. The van der Waals surface area contributed by atoms with Crippen molar-refractivity contribution in [3.63, 3.8) is 0 Å². The lowest BCUT2D eigenvalue weighted by Gasteiger charge is -2.34. The maximum absolute atomic E-state index is 13.2. The molecule has 1 fully saturated rings. The molecule has 0 saturated carbocycles. The van der Waals surface area contributed by atoms with Crippen LogP contribution in [0.5, 0.6) is 5.75 Å². The van der Waals surface area contributed by atoms with Crippen LogP contribution in [0.1, 0.15) is 37.0 Å². The Morgan fingerprint density at radius 3 is 2.56 bits per heavy atom. The van der Waals surface area contributed by atoms with Crippen molar-refractivity contribution in [1.29, 1.82) is 0 Å². The number of nitrogens with one attached hydrogen (secondary N) is 1. The van der Waals surface area contributed by atoms with Gasteiger partial charge in [0.25, 0.3) is 5.91 Å². The number of nitrogens with zero attached hydrogens (tertiary/aromatic N) is 2. The molecule has 1 N–H and O–H groups in total. The second kappa shape index (κ2) is 11.1. The van der Waals surface area contributed by atoms with Crippen molar-refractivity contribution < 1.29 is 23.8 Å². The number of likely N-dealkylation sites (N-methyl/N-ethyl adjacent to an activating group) is 2. The number of carbonyl (C=O) groups excluding carboxylic acids is 2. The van der Waals surface area contributed by atoms with Crippen LogP contribution in [0.2, 0.25) is 0 Å². The molecule has 2 amide bonds. The zero-order chi connectivity index (χ0) is 23.3. The molecule has 0 spiro atoms. The van der Waals surface area contributed by atoms with E-state index >= 15 is 0 Å². The Kier molecular flexibility index (Phi) is 8.51. The Bertz CT molecular complexity index is 796. The van der Waals surface area contributed by atoms with Gasteiger partial charge in [-0.15, -0.1) is 0 Å². The Labute approximate surface area is 191 Å². The van der Waals surface area contributed by atoms with Gasteiger partial charge in [-0.3, -0.25) is 14.5 Å². The van der Waals surface area contributed by atoms with Crippen molar-refractivity contribution in [3.05, 3.63) is 23.8 Å². The maximum atomic E-state index is 13.2. The molecule has 3 rings (SSSR count). The molecule has 8 nitrogen and oxygen atoms in total. The Morgan fingerprint density at radius 1 is 1.16 bits per heavy atom. The van der Waals surface area contributed by atoms with Gasteiger partial charge in [-0.05, 0) is 44.9 Å². The molecule has 2 aliphatic rings. The van der Waals surface area contributed by atoms with Crippen LogP contribution in [-0.2, 0) is 14.3 Å². The summed E-state index contributed by atoms with van der Waals surface area (Å²) in [7, 11) is 5.55. The molecule has 0 aromatic heterocycles. The minimum Gasteiger partial charge on any atom is -0.491 e. The summed E-state index contributed by atoms with van der Waals surface area (Å²) in [5.41, 5.74) is 1.11. The van der Waals surface area contributed by atoms with E-state index in [4.69, 9.17) is 14.2 Å². The smallest absolute Gasteiger partial charge is 0.257 e. The highest BCUT2D eigenvalue weighted by Gasteiger charge is 2.27. The molecule has 0 unspecified atom stereocenters. The van der Waals surface area contributed by atoms with Crippen LogP contribution in [0.25, 0.3) is 0 Å². The van der Waals surface area contributed by atoms with E-state index in [0.717, 1.165) is 19.4 Å². The number of benzene rings is 1. The summed E-state index contributed by atoms with van der Waals surface area (Å²) < 4.78 is 17.2. The molecule has 0 radical (unpaired) electrons. The van der Waals surface area contributed by atoms with Crippen molar-refractivity contribution >= 4 is 17.5 Å². The van der Waals surface area contributed by atoms with Crippen LogP contribution in [-0.4, -0.2) is 87.9 Å². The SMILES string of the molecule is CO[C@@H]1CN(C)C(=O)c2ccc(NC(=O)C3CCOCC3)cc2OC[C@H](C)N(C)C[C@@H]1C. The van der Waals surface area contributed by atoms with Gasteiger partial charge in [-0.1, -0.05) is 6.92 Å². The minimum atomic E-state index is -0.127. The number of anilines is 1. The standard InChI is InChI=1S/C24H37N3O5/c1-16-13-26(3)17(2)15-32-21-12-19(25-23(28)18-8-10-31-11-9-18)6-7-20(21)24(29)27(4)14-22(16)30-5/h6-7,12,16-18,22H,8-11,13-15H2,1-5H3,(H,25,28)/t16-,17-,22+/m0/s1. The molecule has 1 aromatic carbocycles. The van der Waals surface area contributed by atoms with Crippen molar-refractivity contribution in [3.8, 4) is 5.75 Å². The van der Waals surface area contributed by atoms with Crippen LogP contribution >= 0.6 is 0 Å². The van der Waals surface area contributed by atoms with Gasteiger partial charge in [0.05, 0.1) is 11.7 Å². The quantitative estimate of drug-likeness (QED) is 0.767. The van der Waals surface area contributed by atoms with E-state index in [1.54, 1.807) is 37.3 Å². The second-order valence-electron chi connectivity index (χ2n) is 9.12. The van der Waals surface area contributed by atoms with E-state index in [-0.39, 0.29) is 35.8 Å². The van der Waals surface area contributed by atoms with E-state index in [1.165, 1.54) is 0 Å². The predicted octanol–water partition coefficient (Wildman–Crippen LogP) is 2.49. The molecule has 178 valence electrons. The average molecular weight is 448 g/mol. The van der Waals surface area contributed by atoms with E-state index in [1.807, 2.05) is 0 Å². The van der Waals surface area contributed by atoms with Gasteiger partial charge in [0.1, 0.15) is 12.4 Å². The lowest BCUT2D eigenvalue weighted by atomic mass is 9.99. The number of ether oxygens (including phenoxy) is 3. The molecule has 3 atom stereocenters. The first-order valence-corrected chi connectivity index (χ1v) is 11.4. The van der Waals surface area contributed by atoms with Crippen molar-refractivity contribution in [2.75, 3.05) is 59.4 Å². The molecule has 1 aromatic rings. The molecular weight excluding hydrogens is 410 g/mol. The molecule has 0 bridgehead atoms. The van der Waals surface area contributed by atoms with Crippen LogP contribution in [0, 0.1) is 11.8 Å². The Hall–Kier alpha value is -2.16. The number of methoxy groups -OCH3 is 1. The first-order valence-electron chi connectivity index (χ1n) is 11.4. The molecule has 32 heavy (non-hydrogen) atoms. The molecule has 0 aliphatic carbocycles. The summed E-state index contributed by atoms with van der Waals surface area (Å²) in [6, 6.07) is 5.41. The largest absolute Gasteiger partial charge is 0.491 e. The van der Waals surface area contributed by atoms with Gasteiger partial charge in [0, 0.05) is 64.2 Å². The molecule has 2 aliphatic heterocycles. The van der Waals surface area contributed by atoms with Crippen molar-refractivity contribution in [2.24, 2.45) is 11.8 Å². The normalized spacial score (nSPS) is 26.5. The van der Waals surface area contributed by atoms with Crippen LogP contribution in [0.15, 0.2) is 18.2 Å². The maximum Gasteiger partial charge on any atom is 0.257 e. The first-order chi connectivity index (χ1) is 15.3. The Morgan fingerprint density at radius 2 is 1.88 bits per heavy atom. The Balaban J connectivity index is 1.84. The number of rotatable bonds is 3. The molecule has 8 heteroatoms. The van der Waals surface area contributed by atoms with Gasteiger partial charge in [0.2, 0.25) is 5.91 Å². The fraction of sp³-hybridized carbons (Fsp3) is 0.667. The summed E-state index contributed by atoms with van der Waals surface area (Å²) in [5.74, 6) is 0.534. The highest BCUT2D eigenvalue weighted by atomic mass is 16.5. The third kappa shape index (κ3) is 5.99. The minimum absolute atomic E-state index is 0.0186. The summed E-state index contributed by atoms with van der Waals surface area (Å²) in [4.78, 5) is 29.8. The predicted molar refractivity (Wildman–Crippen MR) is 123 cm³/mol. The number of hydrogen-bond acceptors (Lipinski definition) is 6. The number of fused-ring (bicyclic) bond motifs is 1. The van der Waals surface area contributed by atoms with Crippen LogP contribution in [0.4, 0.5) is 5.69 Å². The fourth-order valence-electron chi connectivity index (χ4n) is 4.23. The molecule has 2 heterocycles. The summed E-state index contributed by atoms with van der Waals surface area (Å²) in [6.07, 6.45) is 1.37. The van der Waals surface area contributed by atoms with Gasteiger partial charge in [-0.25, -0.2) is 0 Å². The zero-order valence-corrected chi connectivity index (χ0v) is 19.9. The zero-order valence-electron chi connectivity index (χ0n) is 19.9. The number of amides is 2. The monoisotopic (exact) mass is 447 g/mol. The lowest BCUT2D eigenvalue weighted by molar-refractivity contribution is -0.122. The fourth-order valence-corrected chi connectivity index (χ4v) is 4.23. The second-order valence-corrected chi connectivity index (χ2v) is 9.12. The number of carbonyl (C=O) groups is 2. The third-order valence-electron chi connectivity index (χ3n) is 6.62. The topological polar surface area (TPSA) is 80.3 Å². The summed E-state index contributed by atoms with van der Waals surface area (Å²) in [5, 5.41) is 2.99. The van der Waals surface area contributed by atoms with Crippen LogP contribution in [0.3, 0.4) is 0 Å². The van der Waals surface area contributed by atoms with E-state index < -0.39 is 0 Å². The van der Waals surface area contributed by atoms with Crippen molar-refractivity contribution in [2.45, 2.75) is 38.8 Å². The van der Waals surface area contributed by atoms with Gasteiger partial charge < -0.3 is 24.4 Å². The first kappa shape index (κ1) is 24.5. The molecular formula is C24H37N3O5. The van der Waals surface area contributed by atoms with Gasteiger partial charge >= 0.3 is 0 Å². The average Bonchev–Trinajstić information content (AvgIpc) is 2.80. The number of hydrogen-bond donors (Lipinski definition) is 1. The van der Waals surface area contributed by atoms with Crippen molar-refractivity contribution in [1.82, 2.24) is 9.80 Å². The summed E-state index contributed by atoms with van der Waals surface area (Å²) >= 11 is 0. The highest BCUT2D eigenvalue weighted by molar-refractivity contribution is 5.98. The van der Waals surface area contributed by atoms with Gasteiger partial charge in [0.15, 0.2) is 0 Å². The van der Waals surface area contributed by atoms with Crippen LogP contribution < -0.4 is 10.1 Å². The lowest BCUT2D eigenvalue weighted by Crippen LogP contribution is -2.45. The highest BCUT2D eigenvalue weighted by Crippen LogP contribution is 2.27. The van der Waals surface area contributed by atoms with Gasteiger partial charge in [-0.2, -0.15) is 0 Å².